The summed E-state index contributed by atoms with van der Waals surface area (Å²) < 4.78 is 2.05. The second-order valence-corrected chi connectivity index (χ2v) is 4.08. The molecule has 0 saturated heterocycles. The molecule has 0 aliphatic heterocycles. The van der Waals surface area contributed by atoms with Gasteiger partial charge in [-0.25, -0.2) is 4.98 Å². The van der Waals surface area contributed by atoms with E-state index < -0.39 is 0 Å². The van der Waals surface area contributed by atoms with Crippen LogP contribution >= 0.6 is 24.2 Å². The summed E-state index contributed by atoms with van der Waals surface area (Å²) in [5.41, 5.74) is 5.41. The van der Waals surface area contributed by atoms with E-state index in [9.17, 15) is 0 Å². The highest BCUT2D eigenvalue weighted by Gasteiger charge is 1.98. The standard InChI is InChI=1S/C9H17N3S.ClH/c1-12-7-6-11-9(12)13-8-4-2-3-5-10;/h6-7H,2-5,8,10H2,1H3;1H. The molecular formula is C9H18ClN3S. The molecule has 82 valence electrons. The van der Waals surface area contributed by atoms with Crippen molar-refractivity contribution in [3.05, 3.63) is 12.4 Å². The Kier molecular flexibility index (Phi) is 8.04. The van der Waals surface area contributed by atoms with E-state index in [1.54, 1.807) is 0 Å². The minimum Gasteiger partial charge on any atom is -0.330 e. The summed E-state index contributed by atoms with van der Waals surface area (Å²) in [7, 11) is 2.02. The van der Waals surface area contributed by atoms with Gasteiger partial charge in [0.15, 0.2) is 5.16 Å². The number of unbranched alkanes of at least 4 members (excludes halogenated alkanes) is 2. The number of imidazole rings is 1. The summed E-state index contributed by atoms with van der Waals surface area (Å²) in [6.45, 7) is 0.813. The van der Waals surface area contributed by atoms with E-state index in [0.29, 0.717) is 0 Å². The molecule has 0 aliphatic carbocycles. The van der Waals surface area contributed by atoms with Crippen molar-refractivity contribution in [2.24, 2.45) is 12.8 Å². The fraction of sp³-hybridized carbons (Fsp3) is 0.667. The lowest BCUT2D eigenvalue weighted by molar-refractivity contribution is 0.729. The first kappa shape index (κ1) is 13.8. The Morgan fingerprint density at radius 2 is 2.21 bits per heavy atom. The number of nitrogens with zero attached hydrogens (tertiary/aromatic N) is 2. The van der Waals surface area contributed by atoms with E-state index >= 15 is 0 Å². The average molecular weight is 236 g/mol. The van der Waals surface area contributed by atoms with Gasteiger partial charge in [0.2, 0.25) is 0 Å². The largest absolute Gasteiger partial charge is 0.330 e. The molecule has 0 bridgehead atoms. The summed E-state index contributed by atoms with van der Waals surface area (Å²) in [6, 6.07) is 0. The molecule has 0 atom stereocenters. The van der Waals surface area contributed by atoms with Crippen molar-refractivity contribution < 1.29 is 0 Å². The van der Waals surface area contributed by atoms with Gasteiger partial charge in [0.1, 0.15) is 0 Å². The van der Waals surface area contributed by atoms with Crippen molar-refractivity contribution in [2.75, 3.05) is 12.3 Å². The zero-order valence-corrected chi connectivity index (χ0v) is 10.1. The molecule has 0 spiro atoms. The highest BCUT2D eigenvalue weighted by Crippen LogP contribution is 2.16. The average Bonchev–Trinajstić information content (AvgIpc) is 2.52. The van der Waals surface area contributed by atoms with E-state index in [-0.39, 0.29) is 12.4 Å². The van der Waals surface area contributed by atoms with Crippen LogP contribution in [0, 0.1) is 0 Å². The Hall–Kier alpha value is -0.190. The normalized spacial score (nSPS) is 9.86. The first-order chi connectivity index (χ1) is 6.34. The van der Waals surface area contributed by atoms with Crippen molar-refractivity contribution in [2.45, 2.75) is 24.4 Å². The van der Waals surface area contributed by atoms with E-state index in [2.05, 4.69) is 4.98 Å². The summed E-state index contributed by atoms with van der Waals surface area (Å²) in [4.78, 5) is 4.23. The molecule has 14 heavy (non-hydrogen) atoms. The number of aryl methyl sites for hydroxylation is 1. The number of hydrogen-bond acceptors (Lipinski definition) is 3. The third-order valence-corrected chi connectivity index (χ3v) is 3.00. The van der Waals surface area contributed by atoms with E-state index in [0.717, 1.165) is 23.9 Å². The Bertz CT molecular complexity index is 240. The predicted molar refractivity (Wildman–Crippen MR) is 64.1 cm³/mol. The summed E-state index contributed by atoms with van der Waals surface area (Å²) in [5.74, 6) is 1.14. The molecule has 0 amide bonds. The van der Waals surface area contributed by atoms with Crippen LogP contribution in [0.15, 0.2) is 17.6 Å². The van der Waals surface area contributed by atoms with Crippen LogP contribution in [0.3, 0.4) is 0 Å². The maximum absolute atomic E-state index is 5.41. The second-order valence-electron chi connectivity index (χ2n) is 3.02. The molecule has 1 rings (SSSR count). The van der Waals surface area contributed by atoms with Crippen LogP contribution in [-0.2, 0) is 7.05 Å². The molecular weight excluding hydrogens is 218 g/mol. The Labute approximate surface area is 95.9 Å². The van der Waals surface area contributed by atoms with Gasteiger partial charge in [0.25, 0.3) is 0 Å². The van der Waals surface area contributed by atoms with Gasteiger partial charge in [-0.2, -0.15) is 0 Å². The lowest BCUT2D eigenvalue weighted by Gasteiger charge is -2.00. The van der Waals surface area contributed by atoms with Crippen LogP contribution in [0.5, 0.6) is 0 Å². The number of thioether (sulfide) groups is 1. The molecule has 5 heteroatoms. The molecule has 2 N–H and O–H groups in total. The second kappa shape index (κ2) is 8.15. The molecule has 0 radical (unpaired) electrons. The van der Waals surface area contributed by atoms with Crippen LogP contribution in [0.1, 0.15) is 19.3 Å². The maximum Gasteiger partial charge on any atom is 0.167 e. The molecule has 0 aliphatic rings. The molecule has 1 heterocycles. The van der Waals surface area contributed by atoms with Crippen molar-refractivity contribution in [3.8, 4) is 0 Å². The molecule has 0 aromatic carbocycles. The van der Waals surface area contributed by atoms with Gasteiger partial charge in [-0.05, 0) is 19.4 Å². The third-order valence-electron chi connectivity index (χ3n) is 1.86. The molecule has 0 unspecified atom stereocenters. The zero-order valence-electron chi connectivity index (χ0n) is 8.48. The topological polar surface area (TPSA) is 43.8 Å². The first-order valence-electron chi connectivity index (χ1n) is 4.65. The molecule has 0 saturated carbocycles. The van der Waals surface area contributed by atoms with Crippen LogP contribution in [0.2, 0.25) is 0 Å². The number of nitrogens with two attached hydrogens (primary N) is 1. The fourth-order valence-corrected chi connectivity index (χ4v) is 2.01. The SMILES string of the molecule is Cl.Cn1ccnc1SCCCCCN. The lowest BCUT2D eigenvalue weighted by atomic mass is 10.2. The van der Waals surface area contributed by atoms with Crippen molar-refractivity contribution in [3.63, 3.8) is 0 Å². The van der Waals surface area contributed by atoms with Crippen molar-refractivity contribution in [1.82, 2.24) is 9.55 Å². The van der Waals surface area contributed by atoms with Crippen LogP contribution < -0.4 is 5.73 Å². The van der Waals surface area contributed by atoms with Gasteiger partial charge < -0.3 is 10.3 Å². The van der Waals surface area contributed by atoms with Crippen LogP contribution in [-0.4, -0.2) is 21.8 Å². The molecule has 1 aromatic heterocycles. The minimum atomic E-state index is 0. The highest BCUT2D eigenvalue weighted by molar-refractivity contribution is 7.99. The number of hydrogen-bond donors (Lipinski definition) is 1. The van der Waals surface area contributed by atoms with Gasteiger partial charge in [-0.3, -0.25) is 0 Å². The molecule has 1 aromatic rings. The quantitative estimate of drug-likeness (QED) is 0.607. The smallest absolute Gasteiger partial charge is 0.167 e. The third kappa shape index (κ3) is 4.88. The van der Waals surface area contributed by atoms with Crippen LogP contribution in [0.25, 0.3) is 0 Å². The number of aromatic nitrogens is 2. The Morgan fingerprint density at radius 1 is 1.43 bits per heavy atom. The highest BCUT2D eigenvalue weighted by atomic mass is 35.5. The van der Waals surface area contributed by atoms with Gasteiger partial charge in [-0.1, -0.05) is 18.2 Å². The monoisotopic (exact) mass is 235 g/mol. The summed E-state index contributed by atoms with van der Waals surface area (Å²) in [5, 5.41) is 1.10. The van der Waals surface area contributed by atoms with Gasteiger partial charge in [-0.15, -0.1) is 12.4 Å². The van der Waals surface area contributed by atoms with Crippen molar-refractivity contribution in [1.29, 1.82) is 0 Å². The number of halogens is 1. The van der Waals surface area contributed by atoms with Gasteiger partial charge >= 0.3 is 0 Å². The van der Waals surface area contributed by atoms with Gasteiger partial charge in [0.05, 0.1) is 0 Å². The summed E-state index contributed by atoms with van der Waals surface area (Å²) in [6.07, 6.45) is 7.41. The lowest BCUT2D eigenvalue weighted by Crippen LogP contribution is -1.98. The fourth-order valence-electron chi connectivity index (χ4n) is 1.08. The van der Waals surface area contributed by atoms with Gasteiger partial charge in [0, 0.05) is 25.2 Å². The molecule has 0 fully saturated rings. The van der Waals surface area contributed by atoms with Crippen molar-refractivity contribution >= 4 is 24.2 Å². The predicted octanol–water partition coefficient (Wildman–Crippen LogP) is 2.06. The van der Waals surface area contributed by atoms with E-state index in [4.69, 9.17) is 5.73 Å². The number of rotatable bonds is 6. The first-order valence-corrected chi connectivity index (χ1v) is 5.63. The van der Waals surface area contributed by atoms with Crippen LogP contribution in [0.4, 0.5) is 0 Å². The Balaban J connectivity index is 0.00000169. The molecule has 3 nitrogen and oxygen atoms in total. The minimum absolute atomic E-state index is 0. The van der Waals surface area contributed by atoms with E-state index in [1.807, 2.05) is 35.8 Å². The zero-order chi connectivity index (χ0) is 9.52. The Morgan fingerprint density at radius 3 is 2.79 bits per heavy atom. The summed E-state index contributed by atoms with van der Waals surface area (Å²) >= 11 is 1.82. The maximum atomic E-state index is 5.41. The van der Waals surface area contributed by atoms with E-state index in [1.165, 1.54) is 12.8 Å².